The van der Waals surface area contributed by atoms with Crippen molar-refractivity contribution in [3.63, 3.8) is 0 Å². The topological polar surface area (TPSA) is 72.8 Å². The Kier molecular flexibility index (Phi) is 4.62. The van der Waals surface area contributed by atoms with E-state index < -0.39 is 0 Å². The number of benzene rings is 2. The second kappa shape index (κ2) is 7.23. The zero-order valence-electron chi connectivity index (χ0n) is 15.5. The molecule has 0 unspecified atom stereocenters. The fourth-order valence-electron chi connectivity index (χ4n) is 3.24. The number of ether oxygens (including phenoxy) is 1. The van der Waals surface area contributed by atoms with E-state index in [0.29, 0.717) is 23.3 Å². The number of fused-ring (bicyclic) bond motifs is 2. The molecule has 138 valence electrons. The molecule has 27 heavy (non-hydrogen) atoms. The van der Waals surface area contributed by atoms with Crippen molar-refractivity contribution in [2.45, 2.75) is 33.2 Å². The molecule has 0 spiro atoms. The second-order valence-corrected chi connectivity index (χ2v) is 6.56. The van der Waals surface area contributed by atoms with E-state index in [2.05, 4.69) is 28.4 Å². The third-order valence-corrected chi connectivity index (χ3v) is 4.52. The van der Waals surface area contributed by atoms with E-state index in [1.165, 1.54) is 0 Å². The van der Waals surface area contributed by atoms with Gasteiger partial charge in [-0.15, -0.1) is 0 Å². The molecular weight excluding hydrogens is 340 g/mol. The smallest absolute Gasteiger partial charge is 0.259 e. The van der Waals surface area contributed by atoms with Crippen LogP contribution in [0.4, 0.5) is 0 Å². The minimum absolute atomic E-state index is 0.161. The Labute approximate surface area is 156 Å². The summed E-state index contributed by atoms with van der Waals surface area (Å²) in [4.78, 5) is 24.8. The molecular formula is C21H22N4O2. The van der Waals surface area contributed by atoms with Crippen LogP contribution < -0.4 is 10.3 Å². The highest BCUT2D eigenvalue weighted by atomic mass is 16.5. The van der Waals surface area contributed by atoms with Crippen molar-refractivity contribution in [3.8, 4) is 17.1 Å². The van der Waals surface area contributed by atoms with Crippen molar-refractivity contribution >= 4 is 21.9 Å². The van der Waals surface area contributed by atoms with Gasteiger partial charge in [-0.1, -0.05) is 26.0 Å². The lowest BCUT2D eigenvalue weighted by Gasteiger charge is -2.11. The van der Waals surface area contributed by atoms with Gasteiger partial charge >= 0.3 is 0 Å². The average molecular weight is 362 g/mol. The number of hydrogen-bond donors (Lipinski definition) is 1. The molecule has 0 saturated carbocycles. The zero-order valence-corrected chi connectivity index (χ0v) is 15.5. The number of aryl methyl sites for hydroxylation is 1. The van der Waals surface area contributed by atoms with Crippen LogP contribution in [0.5, 0.6) is 5.75 Å². The number of aromatic nitrogens is 4. The Hall–Kier alpha value is -3.15. The van der Waals surface area contributed by atoms with Crippen molar-refractivity contribution in [1.82, 2.24) is 19.5 Å². The van der Waals surface area contributed by atoms with Gasteiger partial charge in [0.05, 0.1) is 40.4 Å². The van der Waals surface area contributed by atoms with Crippen LogP contribution in [0.15, 0.2) is 47.5 Å². The van der Waals surface area contributed by atoms with Gasteiger partial charge in [0.2, 0.25) is 0 Å². The number of rotatable bonds is 6. The van der Waals surface area contributed by atoms with Crippen LogP contribution in [0.2, 0.25) is 0 Å². The maximum atomic E-state index is 12.8. The van der Waals surface area contributed by atoms with Crippen molar-refractivity contribution in [2.75, 3.05) is 6.61 Å². The molecule has 0 aliphatic heterocycles. The Morgan fingerprint density at radius 2 is 1.96 bits per heavy atom. The summed E-state index contributed by atoms with van der Waals surface area (Å²) in [6, 6.07) is 11.4. The Morgan fingerprint density at radius 1 is 1.11 bits per heavy atom. The summed E-state index contributed by atoms with van der Waals surface area (Å²) < 4.78 is 7.88. The molecule has 0 aliphatic rings. The summed E-state index contributed by atoms with van der Waals surface area (Å²) in [6.45, 7) is 5.66. The highest BCUT2D eigenvalue weighted by Gasteiger charge is 2.13. The molecule has 4 rings (SSSR count). The van der Waals surface area contributed by atoms with Gasteiger partial charge in [-0.3, -0.25) is 4.79 Å². The monoisotopic (exact) mass is 362 g/mol. The molecule has 0 radical (unpaired) electrons. The van der Waals surface area contributed by atoms with Crippen molar-refractivity contribution in [1.29, 1.82) is 0 Å². The van der Waals surface area contributed by atoms with Crippen LogP contribution in [0, 0.1) is 0 Å². The molecule has 2 aromatic heterocycles. The van der Waals surface area contributed by atoms with E-state index in [1.807, 2.05) is 42.7 Å². The quantitative estimate of drug-likeness (QED) is 0.559. The van der Waals surface area contributed by atoms with Crippen LogP contribution in [-0.4, -0.2) is 26.1 Å². The van der Waals surface area contributed by atoms with Gasteiger partial charge in [-0.25, -0.2) is 9.97 Å². The van der Waals surface area contributed by atoms with Gasteiger partial charge < -0.3 is 14.3 Å². The predicted molar refractivity (Wildman–Crippen MR) is 107 cm³/mol. The molecule has 2 aromatic carbocycles. The lowest BCUT2D eigenvalue weighted by Crippen LogP contribution is -2.10. The molecule has 2 heterocycles. The van der Waals surface area contributed by atoms with Crippen LogP contribution >= 0.6 is 0 Å². The van der Waals surface area contributed by atoms with E-state index >= 15 is 0 Å². The Balaban J connectivity index is 1.87. The predicted octanol–water partition coefficient (Wildman–Crippen LogP) is 4.14. The normalized spacial score (nSPS) is 11.3. The maximum Gasteiger partial charge on any atom is 0.259 e. The standard InChI is InChI=1S/C21H22N4O2/c1-3-9-25-13-22-17-12-16-15(11-18(17)25)21(26)24-20(23-16)14-7-5-6-8-19(14)27-10-4-2/h5-8,11-13H,3-4,9-10H2,1-2H3,(H,23,24,26). The highest BCUT2D eigenvalue weighted by molar-refractivity contribution is 5.93. The van der Waals surface area contributed by atoms with Crippen LogP contribution in [-0.2, 0) is 6.54 Å². The van der Waals surface area contributed by atoms with Gasteiger partial charge in [0, 0.05) is 6.54 Å². The lowest BCUT2D eigenvalue weighted by atomic mass is 10.1. The van der Waals surface area contributed by atoms with Gasteiger partial charge in [0.15, 0.2) is 0 Å². The molecule has 6 nitrogen and oxygen atoms in total. The van der Waals surface area contributed by atoms with Crippen LogP contribution in [0.1, 0.15) is 26.7 Å². The Bertz CT molecular complexity index is 1160. The van der Waals surface area contributed by atoms with E-state index in [9.17, 15) is 4.79 Å². The van der Waals surface area contributed by atoms with E-state index in [4.69, 9.17) is 9.72 Å². The van der Waals surface area contributed by atoms with Gasteiger partial charge in [0.25, 0.3) is 5.56 Å². The average Bonchev–Trinajstić information content (AvgIpc) is 3.07. The van der Waals surface area contributed by atoms with E-state index in [1.54, 1.807) is 0 Å². The number of nitrogens with zero attached hydrogens (tertiary/aromatic N) is 3. The Morgan fingerprint density at radius 3 is 2.78 bits per heavy atom. The number of para-hydroxylation sites is 1. The summed E-state index contributed by atoms with van der Waals surface area (Å²) in [5.74, 6) is 1.22. The first-order chi connectivity index (χ1) is 13.2. The summed E-state index contributed by atoms with van der Waals surface area (Å²) in [5.41, 5.74) is 3.05. The van der Waals surface area contributed by atoms with Crippen LogP contribution in [0.3, 0.4) is 0 Å². The molecule has 1 N–H and O–H groups in total. The van der Waals surface area contributed by atoms with Crippen molar-refractivity contribution < 1.29 is 4.74 Å². The minimum atomic E-state index is -0.161. The van der Waals surface area contributed by atoms with Gasteiger partial charge in [0.1, 0.15) is 11.6 Å². The largest absolute Gasteiger partial charge is 0.493 e. The number of hydrogen-bond acceptors (Lipinski definition) is 4. The first-order valence-corrected chi connectivity index (χ1v) is 9.32. The second-order valence-electron chi connectivity index (χ2n) is 6.56. The van der Waals surface area contributed by atoms with E-state index in [-0.39, 0.29) is 5.56 Å². The number of aromatic amines is 1. The molecule has 0 aliphatic carbocycles. The third kappa shape index (κ3) is 3.18. The molecule has 0 bridgehead atoms. The zero-order chi connectivity index (χ0) is 18.8. The molecule has 0 saturated heterocycles. The SMILES string of the molecule is CCCOc1ccccc1-c1nc2cc3ncn(CCC)c3cc2c(=O)[nH]1. The van der Waals surface area contributed by atoms with Gasteiger partial charge in [-0.05, 0) is 37.1 Å². The fourth-order valence-corrected chi connectivity index (χ4v) is 3.24. The fraction of sp³-hybridized carbons (Fsp3) is 0.286. The molecule has 0 fully saturated rings. The highest BCUT2D eigenvalue weighted by Crippen LogP contribution is 2.28. The number of imidazole rings is 1. The lowest BCUT2D eigenvalue weighted by molar-refractivity contribution is 0.318. The van der Waals surface area contributed by atoms with Crippen molar-refractivity contribution in [3.05, 3.63) is 53.1 Å². The summed E-state index contributed by atoms with van der Waals surface area (Å²) in [7, 11) is 0. The maximum absolute atomic E-state index is 12.8. The summed E-state index contributed by atoms with van der Waals surface area (Å²) >= 11 is 0. The van der Waals surface area contributed by atoms with Crippen LogP contribution in [0.25, 0.3) is 33.3 Å². The summed E-state index contributed by atoms with van der Waals surface area (Å²) in [6.07, 6.45) is 3.73. The first kappa shape index (κ1) is 17.3. The minimum Gasteiger partial charge on any atom is -0.493 e. The summed E-state index contributed by atoms with van der Waals surface area (Å²) in [5, 5.41) is 0.566. The molecule has 4 aromatic rings. The van der Waals surface area contributed by atoms with E-state index in [0.717, 1.165) is 41.7 Å². The first-order valence-electron chi connectivity index (χ1n) is 9.32. The van der Waals surface area contributed by atoms with Crippen molar-refractivity contribution in [2.24, 2.45) is 0 Å². The molecule has 6 heteroatoms. The number of nitrogens with one attached hydrogen (secondary N) is 1. The third-order valence-electron chi connectivity index (χ3n) is 4.52. The number of H-pyrrole nitrogens is 1. The molecule has 0 atom stereocenters. The molecule has 0 amide bonds. The van der Waals surface area contributed by atoms with Gasteiger partial charge in [-0.2, -0.15) is 0 Å².